The third kappa shape index (κ3) is 6.47. The number of rotatable bonds is 9. The fraction of sp³-hybridized carbons (Fsp3) is 0.281. The topological polar surface area (TPSA) is 119 Å². The highest BCUT2D eigenvalue weighted by molar-refractivity contribution is 8.18. The van der Waals surface area contributed by atoms with E-state index >= 15 is 0 Å². The molecule has 0 atom stereocenters. The fourth-order valence-corrected chi connectivity index (χ4v) is 6.09. The molecule has 0 aliphatic carbocycles. The van der Waals surface area contributed by atoms with Crippen molar-refractivity contribution in [3.05, 3.63) is 77.0 Å². The number of thioether (sulfide) groups is 1. The first-order valence-corrected chi connectivity index (χ1v) is 15.0. The predicted molar refractivity (Wildman–Crippen MR) is 168 cm³/mol. The van der Waals surface area contributed by atoms with Crippen LogP contribution >= 0.6 is 11.8 Å². The molecule has 2 aromatic heterocycles. The summed E-state index contributed by atoms with van der Waals surface area (Å²) in [7, 11) is 3.31. The molecule has 0 spiro atoms. The molecule has 2 fully saturated rings. The van der Waals surface area contributed by atoms with E-state index in [0.717, 1.165) is 83.5 Å². The molecular formula is C32H32N6O4S. The maximum absolute atomic E-state index is 11.9. The van der Waals surface area contributed by atoms with Gasteiger partial charge in [-0.3, -0.25) is 14.9 Å². The van der Waals surface area contributed by atoms with Crippen LogP contribution in [0.25, 0.3) is 28.2 Å². The average molecular weight is 597 g/mol. The third-order valence-corrected chi connectivity index (χ3v) is 8.51. The Morgan fingerprint density at radius 3 is 2.65 bits per heavy atom. The van der Waals surface area contributed by atoms with Crippen LogP contribution in [0.4, 0.5) is 10.7 Å². The van der Waals surface area contributed by atoms with Crippen molar-refractivity contribution in [3.8, 4) is 22.8 Å². The average Bonchev–Trinajstić information content (AvgIpc) is 3.36. The highest BCUT2D eigenvalue weighted by Crippen LogP contribution is 2.35. The molecule has 2 saturated heterocycles. The Morgan fingerprint density at radius 2 is 1.88 bits per heavy atom. The van der Waals surface area contributed by atoms with Crippen LogP contribution in [-0.4, -0.2) is 60.0 Å². The predicted octanol–water partition coefficient (Wildman–Crippen LogP) is 5.04. The summed E-state index contributed by atoms with van der Waals surface area (Å²) < 4.78 is 11.1. The van der Waals surface area contributed by atoms with Gasteiger partial charge in [0.15, 0.2) is 0 Å². The standard InChI is InChI=1S/C32H32N6O4S/c1-41-24-7-8-25(27(17-24)42-2)29-22(15-21-5-3-4-6-26(21)36-29)19-33-18-20-10-13-38(14-11-20)31-34-12-9-23(35-31)16-28-30(39)37-32(40)43-28/h3-9,12,15-17,20,33H,10-11,13-14,18-19H2,1-2H3,(H,37,39,40). The Kier molecular flexibility index (Phi) is 8.52. The molecule has 6 rings (SSSR count). The van der Waals surface area contributed by atoms with E-state index in [0.29, 0.717) is 29.0 Å². The first-order valence-electron chi connectivity index (χ1n) is 14.2. The summed E-state index contributed by atoms with van der Waals surface area (Å²) in [6.45, 7) is 3.24. The summed E-state index contributed by atoms with van der Waals surface area (Å²) in [5.41, 5.74) is 4.47. The van der Waals surface area contributed by atoms with Crippen LogP contribution in [0.5, 0.6) is 11.5 Å². The molecule has 43 heavy (non-hydrogen) atoms. The van der Waals surface area contributed by atoms with Gasteiger partial charge in [-0.05, 0) is 79.0 Å². The Bertz CT molecular complexity index is 1700. The number of nitrogens with one attached hydrogen (secondary N) is 2. The van der Waals surface area contributed by atoms with E-state index in [4.69, 9.17) is 14.5 Å². The number of imide groups is 1. The van der Waals surface area contributed by atoms with Crippen LogP contribution in [0.3, 0.4) is 0 Å². The molecule has 0 bridgehead atoms. The lowest BCUT2D eigenvalue weighted by molar-refractivity contribution is -0.115. The molecule has 2 amide bonds. The van der Waals surface area contributed by atoms with Crippen LogP contribution < -0.4 is 25.0 Å². The zero-order valence-electron chi connectivity index (χ0n) is 24.0. The lowest BCUT2D eigenvalue weighted by Crippen LogP contribution is -2.38. The van der Waals surface area contributed by atoms with Gasteiger partial charge in [-0.15, -0.1) is 0 Å². The quantitative estimate of drug-likeness (QED) is 0.255. The van der Waals surface area contributed by atoms with Gasteiger partial charge in [0.1, 0.15) is 11.5 Å². The maximum atomic E-state index is 11.9. The number of carbonyl (C=O) groups is 2. The van der Waals surface area contributed by atoms with Crippen molar-refractivity contribution in [2.45, 2.75) is 19.4 Å². The summed E-state index contributed by atoms with van der Waals surface area (Å²) >= 11 is 0.885. The number of nitrogens with zero attached hydrogens (tertiary/aromatic N) is 4. The normalized spacial score (nSPS) is 16.6. The third-order valence-electron chi connectivity index (χ3n) is 7.70. The van der Waals surface area contributed by atoms with E-state index in [1.165, 1.54) is 0 Å². The number of carbonyl (C=O) groups excluding carboxylic acids is 2. The van der Waals surface area contributed by atoms with Crippen LogP contribution in [-0.2, 0) is 11.3 Å². The monoisotopic (exact) mass is 596 g/mol. The van der Waals surface area contributed by atoms with Gasteiger partial charge in [-0.25, -0.2) is 15.0 Å². The molecular weight excluding hydrogens is 564 g/mol. The first-order chi connectivity index (χ1) is 21.0. The van der Waals surface area contributed by atoms with Crippen molar-refractivity contribution in [1.29, 1.82) is 0 Å². The van der Waals surface area contributed by atoms with Crippen LogP contribution in [0.15, 0.2) is 65.7 Å². The minimum atomic E-state index is -0.391. The summed E-state index contributed by atoms with van der Waals surface area (Å²) in [5, 5.41) is 6.69. The van der Waals surface area contributed by atoms with Gasteiger partial charge in [0.05, 0.1) is 36.0 Å². The molecule has 0 radical (unpaired) electrons. The molecule has 2 N–H and O–H groups in total. The van der Waals surface area contributed by atoms with Crippen molar-refractivity contribution in [2.75, 3.05) is 38.8 Å². The van der Waals surface area contributed by atoms with E-state index in [9.17, 15) is 9.59 Å². The van der Waals surface area contributed by atoms with Gasteiger partial charge in [0, 0.05) is 42.8 Å². The van der Waals surface area contributed by atoms with Crippen molar-refractivity contribution >= 4 is 45.8 Å². The molecule has 2 aliphatic heterocycles. The van der Waals surface area contributed by atoms with Gasteiger partial charge in [-0.1, -0.05) is 18.2 Å². The van der Waals surface area contributed by atoms with Gasteiger partial charge >= 0.3 is 0 Å². The van der Waals surface area contributed by atoms with Crippen molar-refractivity contribution in [1.82, 2.24) is 25.6 Å². The molecule has 4 aromatic rings. The Labute approximate surface area is 253 Å². The number of amides is 2. The Hall–Kier alpha value is -4.48. The fourth-order valence-electron chi connectivity index (χ4n) is 5.42. The van der Waals surface area contributed by atoms with E-state index in [-0.39, 0.29) is 5.24 Å². The summed E-state index contributed by atoms with van der Waals surface area (Å²) in [5.74, 6) is 2.21. The van der Waals surface area contributed by atoms with Gasteiger partial charge in [0.2, 0.25) is 5.95 Å². The van der Waals surface area contributed by atoms with Crippen molar-refractivity contribution in [2.24, 2.45) is 5.92 Å². The van der Waals surface area contributed by atoms with E-state index in [2.05, 4.69) is 37.6 Å². The minimum absolute atomic E-state index is 0.342. The Balaban J connectivity index is 1.11. The zero-order valence-corrected chi connectivity index (χ0v) is 24.8. The number of fused-ring (bicyclic) bond motifs is 1. The van der Waals surface area contributed by atoms with Gasteiger partial charge < -0.3 is 19.7 Å². The second-order valence-corrected chi connectivity index (χ2v) is 11.5. The number of hydrogen-bond donors (Lipinski definition) is 2. The van der Waals surface area contributed by atoms with Crippen LogP contribution in [0.1, 0.15) is 24.1 Å². The number of ether oxygens (including phenoxy) is 2. The SMILES string of the molecule is COc1ccc(-c2nc3ccccc3cc2CNCC2CCN(c3nccc(C=C4SC(=O)NC4=O)n3)CC2)c(OC)c1. The lowest BCUT2D eigenvalue weighted by atomic mass is 9.96. The van der Waals surface area contributed by atoms with Gasteiger partial charge in [-0.2, -0.15) is 0 Å². The van der Waals surface area contributed by atoms with Crippen molar-refractivity contribution < 1.29 is 19.1 Å². The molecule has 10 nitrogen and oxygen atoms in total. The molecule has 2 aliphatic rings. The summed E-state index contributed by atoms with van der Waals surface area (Å²) in [4.78, 5) is 40.0. The number of piperidine rings is 1. The molecule has 11 heteroatoms. The second-order valence-electron chi connectivity index (χ2n) is 10.5. The van der Waals surface area contributed by atoms with E-state index in [1.54, 1.807) is 32.6 Å². The maximum Gasteiger partial charge on any atom is 0.290 e. The van der Waals surface area contributed by atoms with Crippen LogP contribution in [0.2, 0.25) is 0 Å². The zero-order chi connectivity index (χ0) is 29.8. The second kappa shape index (κ2) is 12.8. The highest BCUT2D eigenvalue weighted by atomic mass is 32.2. The van der Waals surface area contributed by atoms with E-state index in [1.807, 2.05) is 36.4 Å². The first kappa shape index (κ1) is 28.6. The van der Waals surface area contributed by atoms with E-state index < -0.39 is 5.91 Å². The minimum Gasteiger partial charge on any atom is -0.497 e. The molecule has 220 valence electrons. The number of pyridine rings is 1. The van der Waals surface area contributed by atoms with Crippen molar-refractivity contribution in [3.63, 3.8) is 0 Å². The number of para-hydroxylation sites is 1. The molecule has 4 heterocycles. The Morgan fingerprint density at radius 1 is 1.05 bits per heavy atom. The highest BCUT2D eigenvalue weighted by Gasteiger charge is 2.26. The largest absolute Gasteiger partial charge is 0.497 e. The number of hydrogen-bond acceptors (Lipinski definition) is 10. The molecule has 0 unspecified atom stereocenters. The number of benzene rings is 2. The number of methoxy groups -OCH3 is 2. The van der Waals surface area contributed by atoms with Crippen LogP contribution in [0, 0.1) is 5.92 Å². The van der Waals surface area contributed by atoms with Gasteiger partial charge in [0.25, 0.3) is 11.1 Å². The smallest absolute Gasteiger partial charge is 0.290 e. The molecule has 0 saturated carbocycles. The molecule has 2 aromatic carbocycles. The number of aromatic nitrogens is 3. The summed E-state index contributed by atoms with van der Waals surface area (Å²) in [6.07, 6.45) is 5.33. The lowest BCUT2D eigenvalue weighted by Gasteiger charge is -2.32. The summed E-state index contributed by atoms with van der Waals surface area (Å²) in [6, 6.07) is 17.9. The number of anilines is 1.